The summed E-state index contributed by atoms with van der Waals surface area (Å²) in [5.74, 6) is 4.40. The van der Waals surface area contributed by atoms with Gasteiger partial charge in [-0.2, -0.15) is 0 Å². The van der Waals surface area contributed by atoms with Crippen LogP contribution < -0.4 is 0 Å². The first kappa shape index (κ1) is 15.2. The molecule has 2 aromatic rings. The van der Waals surface area contributed by atoms with E-state index in [-0.39, 0.29) is 0 Å². The Morgan fingerprint density at radius 2 is 1.40 bits per heavy atom. The van der Waals surface area contributed by atoms with Crippen molar-refractivity contribution in [3.05, 3.63) is 53.6 Å². The number of carbonyl (C=O) groups is 1. The highest BCUT2D eigenvalue weighted by atomic mass is 16.3. The van der Waals surface area contributed by atoms with Gasteiger partial charge in [0.25, 0.3) is 0 Å². The van der Waals surface area contributed by atoms with Gasteiger partial charge in [-0.1, -0.05) is 30.3 Å². The number of benzene rings is 2. The Morgan fingerprint density at radius 1 is 0.800 bits per heavy atom. The molecule has 4 aliphatic carbocycles. The molecule has 0 amide bonds. The highest BCUT2D eigenvalue weighted by molar-refractivity contribution is 5.77. The van der Waals surface area contributed by atoms with Gasteiger partial charge < -0.3 is 5.11 Å². The summed E-state index contributed by atoms with van der Waals surface area (Å²) in [4.78, 5) is 10.9. The molecule has 2 nitrogen and oxygen atoms in total. The van der Waals surface area contributed by atoms with E-state index < -0.39 is 0 Å². The molecule has 0 unspecified atom stereocenters. The number of aldehydes is 1. The molecule has 4 fully saturated rings. The largest absolute Gasteiger partial charge is 0.508 e. The quantitative estimate of drug-likeness (QED) is 0.763. The Bertz CT molecular complexity index is 777. The third-order valence-electron chi connectivity index (χ3n) is 6.99. The normalized spacial score (nSPS) is 32.7. The van der Waals surface area contributed by atoms with E-state index in [2.05, 4.69) is 6.07 Å². The Hall–Kier alpha value is -2.09. The molecule has 2 heteroatoms. The molecule has 0 atom stereocenters. The molecule has 0 saturated heterocycles. The zero-order valence-corrected chi connectivity index (χ0v) is 14.4. The van der Waals surface area contributed by atoms with Crippen LogP contribution in [0.1, 0.15) is 53.9 Å². The van der Waals surface area contributed by atoms with Gasteiger partial charge in [-0.05, 0) is 90.5 Å². The zero-order valence-electron chi connectivity index (χ0n) is 14.4. The van der Waals surface area contributed by atoms with Crippen molar-refractivity contribution in [3.8, 4) is 16.9 Å². The molecule has 1 N–H and O–H groups in total. The van der Waals surface area contributed by atoms with Crippen LogP contribution in [0, 0.1) is 23.7 Å². The lowest BCUT2D eigenvalue weighted by molar-refractivity contribution is -0.00345. The molecule has 0 aromatic heterocycles. The van der Waals surface area contributed by atoms with Crippen molar-refractivity contribution in [2.75, 3.05) is 0 Å². The molecule has 0 heterocycles. The second kappa shape index (κ2) is 5.72. The maximum atomic E-state index is 10.9. The third kappa shape index (κ3) is 2.50. The number of phenolic OH excluding ortho intramolecular Hbond substituents is 1. The van der Waals surface area contributed by atoms with E-state index in [0.29, 0.717) is 17.2 Å². The summed E-state index contributed by atoms with van der Waals surface area (Å²) in [7, 11) is 0. The number of phenols is 1. The first-order chi connectivity index (χ1) is 12.2. The minimum absolute atomic E-state index is 0.464. The maximum absolute atomic E-state index is 10.9. The summed E-state index contributed by atoms with van der Waals surface area (Å²) in [5, 5.41) is 10.6. The van der Waals surface area contributed by atoms with E-state index in [1.54, 1.807) is 0 Å². The van der Waals surface area contributed by atoms with E-state index in [9.17, 15) is 9.90 Å². The van der Waals surface area contributed by atoms with Crippen LogP contribution >= 0.6 is 0 Å². The Balaban J connectivity index is 1.52. The van der Waals surface area contributed by atoms with Crippen molar-refractivity contribution >= 4 is 6.29 Å². The molecule has 0 radical (unpaired) electrons. The predicted molar refractivity (Wildman–Crippen MR) is 98.7 cm³/mol. The predicted octanol–water partition coefficient (Wildman–Crippen LogP) is 5.41. The van der Waals surface area contributed by atoms with Gasteiger partial charge in [0.15, 0.2) is 0 Å². The molecular weight excluding hydrogens is 308 g/mol. The highest BCUT2D eigenvalue weighted by Gasteiger charge is 2.49. The van der Waals surface area contributed by atoms with E-state index >= 15 is 0 Å². The van der Waals surface area contributed by atoms with Gasteiger partial charge in [-0.15, -0.1) is 0 Å². The Kier molecular flexibility index (Phi) is 3.48. The zero-order chi connectivity index (χ0) is 17.0. The molecule has 6 rings (SSSR count). The molecule has 2 aromatic carbocycles. The maximum Gasteiger partial charge on any atom is 0.150 e. The van der Waals surface area contributed by atoms with Gasteiger partial charge in [-0.25, -0.2) is 0 Å². The molecule has 0 spiro atoms. The fraction of sp³-hybridized carbons (Fsp3) is 0.435. The van der Waals surface area contributed by atoms with E-state index in [4.69, 9.17) is 0 Å². The van der Waals surface area contributed by atoms with E-state index in [1.165, 1.54) is 32.1 Å². The van der Waals surface area contributed by atoms with Gasteiger partial charge in [0, 0.05) is 5.56 Å². The summed E-state index contributed by atoms with van der Waals surface area (Å²) in [6.45, 7) is 0. The number of rotatable bonds is 3. The van der Waals surface area contributed by atoms with E-state index in [0.717, 1.165) is 46.6 Å². The average molecular weight is 332 g/mol. The second-order valence-electron chi connectivity index (χ2n) is 8.47. The lowest BCUT2D eigenvalue weighted by atomic mass is 9.50. The first-order valence-corrected chi connectivity index (χ1v) is 9.60. The lowest BCUT2D eigenvalue weighted by Crippen LogP contribution is -2.43. The SMILES string of the molecule is O=Cc1ccc(-c2ccc(O)c(C3C4CC5CC(C4)CC3C5)c2)cc1. The van der Waals surface area contributed by atoms with Gasteiger partial charge in [0.05, 0.1) is 0 Å². The molecule has 0 aliphatic heterocycles. The van der Waals surface area contributed by atoms with Crippen molar-refractivity contribution < 1.29 is 9.90 Å². The minimum Gasteiger partial charge on any atom is -0.508 e. The molecule has 4 saturated carbocycles. The van der Waals surface area contributed by atoms with Crippen LogP contribution in [-0.4, -0.2) is 11.4 Å². The smallest absolute Gasteiger partial charge is 0.150 e. The van der Waals surface area contributed by atoms with Crippen LogP contribution in [-0.2, 0) is 0 Å². The third-order valence-corrected chi connectivity index (χ3v) is 6.99. The van der Waals surface area contributed by atoms with Gasteiger partial charge >= 0.3 is 0 Å². The van der Waals surface area contributed by atoms with Crippen molar-refractivity contribution in [3.63, 3.8) is 0 Å². The fourth-order valence-corrected chi connectivity index (χ4v) is 6.19. The standard InChI is InChI=1S/C23H24O2/c24-13-14-1-3-17(4-2-14)18-5-6-22(25)21(12-18)23-19-8-15-7-16(10-19)11-20(23)9-15/h1-6,12-13,15-16,19-20,23,25H,7-11H2. The van der Waals surface area contributed by atoms with Crippen LogP contribution in [0.3, 0.4) is 0 Å². The number of carbonyl (C=O) groups excluding carboxylic acids is 1. The van der Waals surface area contributed by atoms with Crippen molar-refractivity contribution in [2.24, 2.45) is 23.7 Å². The van der Waals surface area contributed by atoms with Crippen molar-refractivity contribution in [2.45, 2.75) is 38.0 Å². The summed E-state index contributed by atoms with van der Waals surface area (Å²) >= 11 is 0. The van der Waals surface area contributed by atoms with Gasteiger partial charge in [0.2, 0.25) is 0 Å². The molecule has 4 bridgehead atoms. The summed E-state index contributed by atoms with van der Waals surface area (Å²) in [6, 6.07) is 13.8. The van der Waals surface area contributed by atoms with Crippen LogP contribution in [0.25, 0.3) is 11.1 Å². The summed E-state index contributed by atoms with van der Waals surface area (Å²) in [6.07, 6.45) is 7.75. The van der Waals surface area contributed by atoms with Gasteiger partial charge in [0.1, 0.15) is 12.0 Å². The molecule has 128 valence electrons. The monoisotopic (exact) mass is 332 g/mol. The van der Waals surface area contributed by atoms with Crippen LogP contribution in [0.15, 0.2) is 42.5 Å². The lowest BCUT2D eigenvalue weighted by Gasteiger charge is -2.54. The topological polar surface area (TPSA) is 37.3 Å². The average Bonchev–Trinajstić information content (AvgIpc) is 2.62. The highest BCUT2D eigenvalue weighted by Crippen LogP contribution is 2.60. The second-order valence-corrected chi connectivity index (χ2v) is 8.47. The first-order valence-electron chi connectivity index (χ1n) is 9.60. The number of hydrogen-bond acceptors (Lipinski definition) is 2. The summed E-state index contributed by atoms with van der Waals surface area (Å²) in [5.41, 5.74) is 4.10. The number of aromatic hydroxyl groups is 1. The molecular formula is C23H24O2. The molecule has 25 heavy (non-hydrogen) atoms. The summed E-state index contributed by atoms with van der Waals surface area (Å²) < 4.78 is 0. The van der Waals surface area contributed by atoms with Crippen molar-refractivity contribution in [1.82, 2.24) is 0 Å². The Labute approximate surface area is 148 Å². The fourth-order valence-electron chi connectivity index (χ4n) is 6.19. The van der Waals surface area contributed by atoms with Crippen LogP contribution in [0.2, 0.25) is 0 Å². The number of hydrogen-bond donors (Lipinski definition) is 1. The van der Waals surface area contributed by atoms with Crippen molar-refractivity contribution in [1.29, 1.82) is 0 Å². The van der Waals surface area contributed by atoms with Crippen LogP contribution in [0.4, 0.5) is 0 Å². The van der Waals surface area contributed by atoms with Crippen LogP contribution in [0.5, 0.6) is 5.75 Å². The van der Waals surface area contributed by atoms with Gasteiger partial charge in [-0.3, -0.25) is 4.79 Å². The minimum atomic E-state index is 0.464. The van der Waals surface area contributed by atoms with E-state index in [1.807, 2.05) is 36.4 Å². The molecule has 4 aliphatic rings. The Morgan fingerprint density at radius 3 is 2.00 bits per heavy atom.